The Morgan fingerprint density at radius 1 is 1.46 bits per heavy atom. The maximum atomic E-state index is 12.2. The van der Waals surface area contributed by atoms with Crippen LogP contribution >= 0.6 is 11.6 Å². The zero-order valence-electron chi connectivity index (χ0n) is 14.0. The minimum absolute atomic E-state index is 0.218. The number of nitrogens with zero attached hydrogens (tertiary/aromatic N) is 1. The molecule has 1 saturated heterocycles. The normalized spacial score (nSPS) is 16.7. The molecule has 7 heteroatoms. The van der Waals surface area contributed by atoms with Crippen LogP contribution in [0, 0.1) is 0 Å². The zero-order chi connectivity index (χ0) is 17.5. The summed E-state index contributed by atoms with van der Waals surface area (Å²) in [6, 6.07) is 4.47. The summed E-state index contributed by atoms with van der Waals surface area (Å²) in [6.07, 6.45) is 4.45. The third-order valence-corrected chi connectivity index (χ3v) is 4.33. The Morgan fingerprint density at radius 2 is 2.25 bits per heavy atom. The van der Waals surface area contributed by atoms with Crippen molar-refractivity contribution in [3.8, 4) is 0 Å². The largest absolute Gasteiger partial charge is 0.465 e. The molecule has 0 aliphatic carbocycles. The van der Waals surface area contributed by atoms with Gasteiger partial charge in [-0.25, -0.2) is 9.59 Å². The summed E-state index contributed by atoms with van der Waals surface area (Å²) in [5.41, 5.74) is 0.797. The lowest BCUT2D eigenvalue weighted by atomic mass is 10.1. The third-order valence-electron chi connectivity index (χ3n) is 4.02. The van der Waals surface area contributed by atoms with Crippen molar-refractivity contribution in [2.45, 2.75) is 31.8 Å². The highest BCUT2D eigenvalue weighted by Crippen LogP contribution is 2.22. The minimum Gasteiger partial charge on any atom is -0.465 e. The molecule has 0 saturated carbocycles. The summed E-state index contributed by atoms with van der Waals surface area (Å²) < 4.78 is 10.2. The van der Waals surface area contributed by atoms with Gasteiger partial charge in [-0.2, -0.15) is 0 Å². The Labute approximate surface area is 147 Å². The predicted molar refractivity (Wildman–Crippen MR) is 92.6 cm³/mol. The highest BCUT2D eigenvalue weighted by molar-refractivity contribution is 6.33. The molecule has 2 rings (SSSR count). The van der Waals surface area contributed by atoms with Crippen molar-refractivity contribution in [2.24, 2.45) is 0 Å². The van der Waals surface area contributed by atoms with Crippen LogP contribution in [0.5, 0.6) is 0 Å². The Morgan fingerprint density at radius 3 is 2.88 bits per heavy atom. The number of nitrogens with one attached hydrogen (secondary N) is 1. The number of methoxy groups -OCH3 is 1. The Balaban J connectivity index is 1.82. The van der Waals surface area contributed by atoms with Crippen molar-refractivity contribution in [3.05, 3.63) is 28.8 Å². The average molecular weight is 355 g/mol. The number of carbonyl (C=O) groups is 2. The fourth-order valence-corrected chi connectivity index (χ4v) is 2.87. The number of rotatable bonds is 6. The van der Waals surface area contributed by atoms with Crippen molar-refractivity contribution < 1.29 is 19.1 Å². The molecule has 1 N–H and O–H groups in total. The molecule has 1 fully saturated rings. The lowest BCUT2D eigenvalue weighted by molar-refractivity contribution is 0.0601. The molecule has 1 aromatic carbocycles. The smallest absolute Gasteiger partial charge is 0.339 e. The molecule has 24 heavy (non-hydrogen) atoms. The van der Waals surface area contributed by atoms with Gasteiger partial charge in [-0.05, 0) is 43.9 Å². The molecule has 0 aromatic heterocycles. The molecule has 1 aromatic rings. The van der Waals surface area contributed by atoms with Gasteiger partial charge in [0.1, 0.15) is 0 Å². The lowest BCUT2D eigenvalue weighted by Gasteiger charge is -2.19. The van der Waals surface area contributed by atoms with Gasteiger partial charge in [0.15, 0.2) is 0 Å². The van der Waals surface area contributed by atoms with Crippen molar-refractivity contribution in [1.29, 1.82) is 0 Å². The monoisotopic (exact) mass is 354 g/mol. The fourth-order valence-electron chi connectivity index (χ4n) is 2.62. The second kappa shape index (κ2) is 8.89. The molecule has 1 heterocycles. The number of urea groups is 1. The minimum atomic E-state index is -0.510. The van der Waals surface area contributed by atoms with Crippen molar-refractivity contribution in [1.82, 2.24) is 4.90 Å². The fraction of sp³-hybridized carbons (Fsp3) is 0.529. The van der Waals surface area contributed by atoms with Crippen LogP contribution in [0.15, 0.2) is 18.2 Å². The summed E-state index contributed by atoms with van der Waals surface area (Å²) in [7, 11) is 3.04. The van der Waals surface area contributed by atoms with Crippen LogP contribution in [0.2, 0.25) is 5.02 Å². The number of benzene rings is 1. The summed E-state index contributed by atoms with van der Waals surface area (Å²) in [6.45, 7) is 1.50. The molecule has 0 radical (unpaired) electrons. The maximum absolute atomic E-state index is 12.2. The van der Waals surface area contributed by atoms with Gasteiger partial charge >= 0.3 is 12.0 Å². The first kappa shape index (κ1) is 18.5. The van der Waals surface area contributed by atoms with Crippen LogP contribution in [-0.2, 0) is 9.47 Å². The van der Waals surface area contributed by atoms with Gasteiger partial charge < -0.3 is 19.7 Å². The average Bonchev–Trinajstić information content (AvgIpc) is 3.07. The Kier molecular flexibility index (Phi) is 6.87. The Hall–Kier alpha value is -1.79. The number of amides is 2. The predicted octanol–water partition coefficient (Wildman–Crippen LogP) is 3.55. The number of ether oxygens (including phenoxy) is 2. The molecular weight excluding hydrogens is 332 g/mol. The van der Waals surface area contributed by atoms with E-state index >= 15 is 0 Å². The highest BCUT2D eigenvalue weighted by atomic mass is 35.5. The van der Waals surface area contributed by atoms with E-state index in [1.165, 1.54) is 19.2 Å². The van der Waals surface area contributed by atoms with Gasteiger partial charge in [0, 0.05) is 25.9 Å². The van der Waals surface area contributed by atoms with E-state index in [0.29, 0.717) is 18.3 Å². The second-order valence-electron chi connectivity index (χ2n) is 5.82. The molecule has 1 atom stereocenters. The van der Waals surface area contributed by atoms with Crippen LogP contribution in [0.25, 0.3) is 0 Å². The third kappa shape index (κ3) is 5.11. The SMILES string of the molecule is COC(=O)c1ccc(NC(=O)N(C)CCC[C@H]2CCCO2)cc1Cl. The highest BCUT2D eigenvalue weighted by Gasteiger charge is 2.16. The van der Waals surface area contributed by atoms with Crippen LogP contribution in [0.1, 0.15) is 36.0 Å². The topological polar surface area (TPSA) is 67.9 Å². The van der Waals surface area contributed by atoms with Gasteiger partial charge in [0.2, 0.25) is 0 Å². The van der Waals surface area contributed by atoms with Crippen LogP contribution in [0.4, 0.5) is 10.5 Å². The second-order valence-corrected chi connectivity index (χ2v) is 6.22. The lowest BCUT2D eigenvalue weighted by Crippen LogP contribution is -2.32. The van der Waals surface area contributed by atoms with Gasteiger partial charge in [-0.3, -0.25) is 0 Å². The summed E-state index contributed by atoms with van der Waals surface area (Å²) >= 11 is 6.04. The van der Waals surface area contributed by atoms with Crippen molar-refractivity contribution >= 4 is 29.3 Å². The van der Waals surface area contributed by atoms with E-state index in [2.05, 4.69) is 10.1 Å². The first-order chi connectivity index (χ1) is 11.5. The number of hydrogen-bond acceptors (Lipinski definition) is 4. The van der Waals surface area contributed by atoms with E-state index in [-0.39, 0.29) is 16.6 Å². The van der Waals surface area contributed by atoms with Gasteiger partial charge in [-0.15, -0.1) is 0 Å². The van der Waals surface area contributed by atoms with Crippen molar-refractivity contribution in [3.63, 3.8) is 0 Å². The van der Waals surface area contributed by atoms with Gasteiger partial charge in [0.25, 0.3) is 0 Å². The van der Waals surface area contributed by atoms with Gasteiger partial charge in [-0.1, -0.05) is 11.6 Å². The molecular formula is C17H23ClN2O4. The maximum Gasteiger partial charge on any atom is 0.339 e. The van der Waals surface area contributed by atoms with Crippen LogP contribution in [-0.4, -0.2) is 50.3 Å². The molecule has 0 spiro atoms. The molecule has 6 nitrogen and oxygen atoms in total. The van der Waals surface area contributed by atoms with Crippen LogP contribution in [0.3, 0.4) is 0 Å². The number of anilines is 1. The summed E-state index contributed by atoms with van der Waals surface area (Å²) in [5, 5.41) is 3.00. The first-order valence-electron chi connectivity index (χ1n) is 8.03. The van der Waals surface area contributed by atoms with E-state index in [0.717, 1.165) is 32.3 Å². The first-order valence-corrected chi connectivity index (χ1v) is 8.40. The van der Waals surface area contributed by atoms with Gasteiger partial charge in [0.05, 0.1) is 23.8 Å². The number of hydrogen-bond donors (Lipinski definition) is 1. The van der Waals surface area contributed by atoms with Crippen molar-refractivity contribution in [2.75, 3.05) is 32.6 Å². The number of halogens is 1. The summed E-state index contributed by atoms with van der Waals surface area (Å²) in [4.78, 5) is 25.3. The molecule has 1 aliphatic heterocycles. The molecule has 0 unspecified atom stereocenters. The molecule has 2 amide bonds. The number of carbonyl (C=O) groups excluding carboxylic acids is 2. The molecule has 132 valence electrons. The van der Waals surface area contributed by atoms with E-state index in [9.17, 15) is 9.59 Å². The standard InChI is InChI=1S/C17H23ClN2O4/c1-20(9-3-5-13-6-4-10-24-13)17(22)19-12-7-8-14(15(18)11-12)16(21)23-2/h7-8,11,13H,3-6,9-10H2,1-2H3,(H,19,22)/t13-/m0/s1. The van der Waals surface area contributed by atoms with E-state index in [4.69, 9.17) is 16.3 Å². The molecule has 1 aliphatic rings. The zero-order valence-corrected chi connectivity index (χ0v) is 14.8. The van der Waals surface area contributed by atoms with E-state index < -0.39 is 5.97 Å². The molecule has 0 bridgehead atoms. The van der Waals surface area contributed by atoms with E-state index in [1.807, 2.05) is 0 Å². The summed E-state index contributed by atoms with van der Waals surface area (Å²) in [5.74, 6) is -0.510. The Bertz CT molecular complexity index is 588. The van der Waals surface area contributed by atoms with Crippen LogP contribution < -0.4 is 5.32 Å². The van der Waals surface area contributed by atoms with E-state index in [1.54, 1.807) is 18.0 Å². The quantitative estimate of drug-likeness (QED) is 0.793. The number of esters is 1.